The first-order chi connectivity index (χ1) is 11.9. The molecule has 0 bridgehead atoms. The van der Waals surface area contributed by atoms with Gasteiger partial charge in [-0.1, -0.05) is 26.0 Å². The van der Waals surface area contributed by atoms with E-state index in [1.165, 1.54) is 5.56 Å². The predicted octanol–water partition coefficient (Wildman–Crippen LogP) is 3.56. The van der Waals surface area contributed by atoms with E-state index in [0.29, 0.717) is 5.92 Å². The smallest absolute Gasteiger partial charge is 0.217 e. The average molecular weight is 341 g/mol. The van der Waals surface area contributed by atoms with E-state index in [9.17, 15) is 4.79 Å². The Hall–Kier alpha value is -2.14. The zero-order valence-electron chi connectivity index (χ0n) is 15.4. The predicted molar refractivity (Wildman–Crippen MR) is 97.6 cm³/mol. The SMILES string of the molecule is CC(=O)N[C@H]1C[C@@H](c2cnn(-c3cccc(C)c3)c2)O[C@@H](C(C)C)C1. The minimum atomic E-state index is -0.0449. The highest BCUT2D eigenvalue weighted by Gasteiger charge is 2.33. The summed E-state index contributed by atoms with van der Waals surface area (Å²) < 4.78 is 8.20. The van der Waals surface area contributed by atoms with Gasteiger partial charge in [0.15, 0.2) is 0 Å². The van der Waals surface area contributed by atoms with Gasteiger partial charge in [0.05, 0.1) is 24.1 Å². The number of carbonyl (C=O) groups excluding carboxylic acids is 1. The molecule has 25 heavy (non-hydrogen) atoms. The number of amides is 1. The molecule has 1 aromatic carbocycles. The Balaban J connectivity index is 1.81. The fourth-order valence-corrected chi connectivity index (χ4v) is 3.42. The molecule has 134 valence electrons. The first kappa shape index (κ1) is 17.7. The number of carbonyl (C=O) groups is 1. The molecule has 2 aromatic rings. The normalized spacial score (nSPS) is 23.6. The molecule has 1 N–H and O–H groups in total. The minimum absolute atomic E-state index is 0.0172. The molecule has 2 heterocycles. The fourth-order valence-electron chi connectivity index (χ4n) is 3.42. The van der Waals surface area contributed by atoms with Crippen molar-refractivity contribution in [1.82, 2.24) is 15.1 Å². The summed E-state index contributed by atoms with van der Waals surface area (Å²) in [5.74, 6) is 0.425. The molecule has 3 atom stereocenters. The fraction of sp³-hybridized carbons (Fsp3) is 0.500. The molecule has 0 radical (unpaired) electrons. The summed E-state index contributed by atoms with van der Waals surface area (Å²) in [5, 5.41) is 7.57. The topological polar surface area (TPSA) is 56.2 Å². The highest BCUT2D eigenvalue weighted by Crippen LogP contribution is 2.34. The third-order valence-corrected chi connectivity index (χ3v) is 4.75. The van der Waals surface area contributed by atoms with Crippen molar-refractivity contribution in [2.24, 2.45) is 5.92 Å². The number of aromatic nitrogens is 2. The highest BCUT2D eigenvalue weighted by molar-refractivity contribution is 5.73. The maximum Gasteiger partial charge on any atom is 0.217 e. The molecule has 1 aliphatic heterocycles. The first-order valence-electron chi connectivity index (χ1n) is 8.96. The third kappa shape index (κ3) is 4.28. The van der Waals surface area contributed by atoms with Crippen LogP contribution in [-0.4, -0.2) is 27.8 Å². The molecule has 1 aliphatic rings. The maximum atomic E-state index is 11.5. The van der Waals surface area contributed by atoms with Crippen LogP contribution >= 0.6 is 0 Å². The summed E-state index contributed by atoms with van der Waals surface area (Å²) in [4.78, 5) is 11.5. The van der Waals surface area contributed by atoms with Gasteiger partial charge < -0.3 is 10.1 Å². The van der Waals surface area contributed by atoms with Crippen molar-refractivity contribution >= 4 is 5.91 Å². The van der Waals surface area contributed by atoms with Crippen molar-refractivity contribution in [3.63, 3.8) is 0 Å². The van der Waals surface area contributed by atoms with Crippen LogP contribution in [0.3, 0.4) is 0 Å². The number of hydrogen-bond donors (Lipinski definition) is 1. The molecule has 5 heteroatoms. The van der Waals surface area contributed by atoms with Gasteiger partial charge >= 0.3 is 0 Å². The Kier molecular flexibility index (Phi) is 5.23. The molecule has 1 saturated heterocycles. The van der Waals surface area contributed by atoms with Gasteiger partial charge in [0.1, 0.15) is 0 Å². The zero-order chi connectivity index (χ0) is 18.0. The summed E-state index contributed by atoms with van der Waals surface area (Å²) in [7, 11) is 0. The van der Waals surface area contributed by atoms with Gasteiger partial charge in [-0.25, -0.2) is 4.68 Å². The molecule has 0 unspecified atom stereocenters. The molecule has 3 rings (SSSR count). The first-order valence-corrected chi connectivity index (χ1v) is 8.96. The van der Waals surface area contributed by atoms with Crippen LogP contribution in [-0.2, 0) is 9.53 Å². The van der Waals surface area contributed by atoms with Crippen molar-refractivity contribution in [2.45, 2.75) is 58.8 Å². The van der Waals surface area contributed by atoms with Crippen LogP contribution in [0, 0.1) is 12.8 Å². The van der Waals surface area contributed by atoms with Crippen LogP contribution in [0.15, 0.2) is 36.7 Å². The summed E-state index contributed by atoms with van der Waals surface area (Å²) in [6.45, 7) is 7.97. The lowest BCUT2D eigenvalue weighted by Gasteiger charge is -2.37. The van der Waals surface area contributed by atoms with Crippen LogP contribution < -0.4 is 5.32 Å². The molecular formula is C20H27N3O2. The second-order valence-corrected chi connectivity index (χ2v) is 7.33. The van der Waals surface area contributed by atoms with Gasteiger partial charge in [0, 0.05) is 24.7 Å². The quantitative estimate of drug-likeness (QED) is 0.925. The van der Waals surface area contributed by atoms with Crippen molar-refractivity contribution in [2.75, 3.05) is 0 Å². The summed E-state index contributed by atoms with van der Waals surface area (Å²) in [6.07, 6.45) is 5.64. The number of hydrogen-bond acceptors (Lipinski definition) is 3. The largest absolute Gasteiger partial charge is 0.370 e. The van der Waals surface area contributed by atoms with Crippen LogP contribution in [0.25, 0.3) is 5.69 Å². The van der Waals surface area contributed by atoms with Gasteiger partial charge in [-0.15, -0.1) is 0 Å². The molecule has 0 saturated carbocycles. The Bertz CT molecular complexity index is 738. The van der Waals surface area contributed by atoms with Gasteiger partial charge in [-0.05, 0) is 43.4 Å². The zero-order valence-corrected chi connectivity index (χ0v) is 15.4. The van der Waals surface area contributed by atoms with Gasteiger partial charge in [0.25, 0.3) is 0 Å². The molecule has 1 aromatic heterocycles. The van der Waals surface area contributed by atoms with Gasteiger partial charge in [-0.3, -0.25) is 4.79 Å². The van der Waals surface area contributed by atoms with Crippen molar-refractivity contribution in [3.05, 3.63) is 47.8 Å². The monoisotopic (exact) mass is 341 g/mol. The Labute approximate surface area is 149 Å². The van der Waals surface area contributed by atoms with Gasteiger partial charge in [0.2, 0.25) is 5.91 Å². The van der Waals surface area contributed by atoms with E-state index >= 15 is 0 Å². The van der Waals surface area contributed by atoms with Gasteiger partial charge in [-0.2, -0.15) is 5.10 Å². The average Bonchev–Trinajstić information content (AvgIpc) is 3.04. The Morgan fingerprint density at radius 3 is 2.84 bits per heavy atom. The number of aryl methyl sites for hydroxylation is 1. The number of nitrogens with zero attached hydrogens (tertiary/aromatic N) is 2. The molecule has 0 spiro atoms. The standard InChI is InChI=1S/C20H27N3O2/c1-13(2)19-9-17(22-15(4)24)10-20(25-19)16-11-21-23(12-16)18-7-5-6-14(3)8-18/h5-8,11-13,17,19-20H,9-10H2,1-4H3,(H,22,24)/t17-,19-,20+/m1/s1. The number of benzene rings is 1. The van der Waals surface area contributed by atoms with E-state index in [0.717, 1.165) is 24.1 Å². The van der Waals surface area contributed by atoms with Crippen LogP contribution in [0.2, 0.25) is 0 Å². The highest BCUT2D eigenvalue weighted by atomic mass is 16.5. The Morgan fingerprint density at radius 2 is 2.16 bits per heavy atom. The lowest BCUT2D eigenvalue weighted by atomic mass is 9.90. The maximum absolute atomic E-state index is 11.5. The molecule has 0 aliphatic carbocycles. The Morgan fingerprint density at radius 1 is 1.36 bits per heavy atom. The summed E-state index contributed by atoms with van der Waals surface area (Å²) in [5.41, 5.74) is 3.30. The van der Waals surface area contributed by atoms with Crippen molar-refractivity contribution in [1.29, 1.82) is 0 Å². The number of nitrogens with one attached hydrogen (secondary N) is 1. The van der Waals surface area contributed by atoms with Crippen LogP contribution in [0.4, 0.5) is 0 Å². The minimum Gasteiger partial charge on any atom is -0.370 e. The number of rotatable bonds is 4. The van der Waals surface area contributed by atoms with Crippen molar-refractivity contribution < 1.29 is 9.53 Å². The number of ether oxygens (including phenoxy) is 1. The van der Waals surface area contributed by atoms with E-state index < -0.39 is 0 Å². The molecule has 5 nitrogen and oxygen atoms in total. The van der Waals surface area contributed by atoms with E-state index in [-0.39, 0.29) is 24.2 Å². The van der Waals surface area contributed by atoms with Crippen molar-refractivity contribution in [3.8, 4) is 5.69 Å². The molecular weight excluding hydrogens is 314 g/mol. The van der Waals surface area contributed by atoms with E-state index in [2.05, 4.69) is 43.3 Å². The third-order valence-electron chi connectivity index (χ3n) is 4.75. The van der Waals surface area contributed by atoms with E-state index in [1.54, 1.807) is 6.92 Å². The summed E-state index contributed by atoms with van der Waals surface area (Å²) in [6, 6.07) is 8.40. The molecule has 1 amide bonds. The lowest BCUT2D eigenvalue weighted by molar-refractivity contribution is -0.123. The molecule has 1 fully saturated rings. The lowest BCUT2D eigenvalue weighted by Crippen LogP contribution is -2.43. The second-order valence-electron chi connectivity index (χ2n) is 7.33. The van der Waals surface area contributed by atoms with E-state index in [4.69, 9.17) is 4.74 Å². The van der Waals surface area contributed by atoms with Crippen LogP contribution in [0.5, 0.6) is 0 Å². The van der Waals surface area contributed by atoms with Crippen LogP contribution in [0.1, 0.15) is 50.8 Å². The second kappa shape index (κ2) is 7.40. The summed E-state index contributed by atoms with van der Waals surface area (Å²) >= 11 is 0. The van der Waals surface area contributed by atoms with E-state index in [1.807, 2.05) is 29.2 Å².